The number of aryl methyl sites for hydroxylation is 1. The first-order valence-corrected chi connectivity index (χ1v) is 5.06. The van der Waals surface area contributed by atoms with Crippen LogP contribution in [0.25, 0.3) is 11.3 Å². The summed E-state index contributed by atoms with van der Waals surface area (Å²) in [7, 11) is 3.11. The van der Waals surface area contributed by atoms with Gasteiger partial charge in [-0.2, -0.15) is 0 Å². The molecule has 1 aromatic carbocycles. The Labute approximate surface area is 97.6 Å². The van der Waals surface area contributed by atoms with Crippen molar-refractivity contribution in [1.82, 2.24) is 9.78 Å². The summed E-state index contributed by atoms with van der Waals surface area (Å²) in [5, 5.41) is 2.85. The molecule has 0 aliphatic heterocycles. The highest BCUT2D eigenvalue weighted by Crippen LogP contribution is 2.28. The predicted molar refractivity (Wildman–Crippen MR) is 63.4 cm³/mol. The number of methoxy groups -OCH3 is 1. The van der Waals surface area contributed by atoms with Crippen LogP contribution in [-0.2, 0) is 7.05 Å². The summed E-state index contributed by atoms with van der Waals surface area (Å²) < 4.78 is 6.47. The van der Waals surface area contributed by atoms with Crippen molar-refractivity contribution in [3.05, 3.63) is 40.2 Å². The zero-order valence-corrected chi connectivity index (χ0v) is 9.56. The van der Waals surface area contributed by atoms with E-state index < -0.39 is 0 Å². The lowest BCUT2D eigenvalue weighted by Crippen LogP contribution is -2.14. The number of hydrogen-bond acceptors (Lipinski definition) is 3. The van der Waals surface area contributed by atoms with Gasteiger partial charge >= 0.3 is 0 Å². The number of nitrogens with one attached hydrogen (secondary N) is 1. The molecule has 2 aromatic rings. The summed E-state index contributed by atoms with van der Waals surface area (Å²) in [6, 6.07) is 7.20. The van der Waals surface area contributed by atoms with E-state index in [9.17, 15) is 9.59 Å². The van der Waals surface area contributed by atoms with Gasteiger partial charge in [-0.25, -0.2) is 0 Å². The van der Waals surface area contributed by atoms with Crippen LogP contribution in [-0.4, -0.2) is 23.2 Å². The van der Waals surface area contributed by atoms with Crippen LogP contribution < -0.4 is 10.3 Å². The molecule has 0 aliphatic carbocycles. The lowest BCUT2D eigenvalue weighted by molar-refractivity contribution is 0.112. The monoisotopic (exact) mass is 232 g/mol. The Morgan fingerprint density at radius 1 is 1.35 bits per heavy atom. The minimum absolute atomic E-state index is 0.108. The molecule has 5 heteroatoms. The number of carbonyl (C=O) groups is 1. The Morgan fingerprint density at radius 2 is 2.06 bits per heavy atom. The smallest absolute Gasteiger partial charge is 0.277 e. The fourth-order valence-corrected chi connectivity index (χ4v) is 1.73. The van der Waals surface area contributed by atoms with Crippen molar-refractivity contribution in [2.24, 2.45) is 7.05 Å². The van der Waals surface area contributed by atoms with Crippen molar-refractivity contribution in [3.63, 3.8) is 0 Å². The maximum atomic E-state index is 11.7. The van der Waals surface area contributed by atoms with Crippen LogP contribution in [0.3, 0.4) is 0 Å². The summed E-state index contributed by atoms with van der Waals surface area (Å²) in [6.45, 7) is 0. The van der Waals surface area contributed by atoms with E-state index in [1.165, 1.54) is 4.68 Å². The van der Waals surface area contributed by atoms with E-state index in [2.05, 4.69) is 5.10 Å². The number of para-hydroxylation sites is 1. The molecule has 88 valence electrons. The van der Waals surface area contributed by atoms with Crippen molar-refractivity contribution < 1.29 is 9.53 Å². The maximum Gasteiger partial charge on any atom is 0.277 e. The van der Waals surface area contributed by atoms with Gasteiger partial charge in [0.15, 0.2) is 6.29 Å². The number of H-pyrrole nitrogens is 1. The molecular weight excluding hydrogens is 220 g/mol. The van der Waals surface area contributed by atoms with E-state index >= 15 is 0 Å². The molecular formula is C12H12N2O3. The minimum Gasteiger partial charge on any atom is -0.496 e. The first-order chi connectivity index (χ1) is 8.19. The van der Waals surface area contributed by atoms with Crippen molar-refractivity contribution in [2.45, 2.75) is 0 Å². The molecule has 0 aliphatic rings. The molecule has 0 saturated heterocycles. The fourth-order valence-electron chi connectivity index (χ4n) is 1.73. The predicted octanol–water partition coefficient (Wildman–Crippen LogP) is 1.20. The summed E-state index contributed by atoms with van der Waals surface area (Å²) >= 11 is 0. The van der Waals surface area contributed by atoms with Crippen LogP contribution >= 0.6 is 0 Å². The maximum absolute atomic E-state index is 11.7. The molecule has 17 heavy (non-hydrogen) atoms. The van der Waals surface area contributed by atoms with Gasteiger partial charge < -0.3 is 4.74 Å². The second kappa shape index (κ2) is 4.29. The zero-order valence-electron chi connectivity index (χ0n) is 9.56. The summed E-state index contributed by atoms with van der Waals surface area (Å²) in [6.07, 6.45) is 0.556. The van der Waals surface area contributed by atoms with Gasteiger partial charge in [-0.3, -0.25) is 19.4 Å². The zero-order chi connectivity index (χ0) is 12.4. The number of aromatic amines is 1. The van der Waals surface area contributed by atoms with Gasteiger partial charge in [0.1, 0.15) is 11.3 Å². The van der Waals surface area contributed by atoms with E-state index in [0.29, 0.717) is 23.3 Å². The van der Waals surface area contributed by atoms with E-state index in [1.54, 1.807) is 26.3 Å². The number of nitrogens with zero attached hydrogens (tertiary/aromatic N) is 1. The van der Waals surface area contributed by atoms with Crippen molar-refractivity contribution >= 4 is 6.29 Å². The van der Waals surface area contributed by atoms with Gasteiger partial charge in [-0.1, -0.05) is 12.1 Å². The molecule has 1 aromatic heterocycles. The number of benzene rings is 1. The number of rotatable bonds is 3. The van der Waals surface area contributed by atoms with Gasteiger partial charge in [0, 0.05) is 12.6 Å². The molecule has 0 bridgehead atoms. The second-order valence-corrected chi connectivity index (χ2v) is 3.58. The number of aromatic nitrogens is 2. The van der Waals surface area contributed by atoms with Crippen LogP contribution in [0.15, 0.2) is 29.1 Å². The van der Waals surface area contributed by atoms with Crippen molar-refractivity contribution in [1.29, 1.82) is 0 Å². The van der Waals surface area contributed by atoms with Crippen LogP contribution in [0.5, 0.6) is 5.75 Å². The molecule has 1 N–H and O–H groups in total. The van der Waals surface area contributed by atoms with Crippen LogP contribution in [0.4, 0.5) is 0 Å². The Bertz CT molecular complexity index is 610. The highest BCUT2D eigenvalue weighted by molar-refractivity contribution is 5.86. The highest BCUT2D eigenvalue weighted by Gasteiger charge is 2.16. The van der Waals surface area contributed by atoms with Gasteiger partial charge in [-0.05, 0) is 12.1 Å². The molecule has 2 rings (SSSR count). The van der Waals surface area contributed by atoms with E-state index in [-0.39, 0.29) is 11.1 Å². The molecule has 0 radical (unpaired) electrons. The third-order valence-electron chi connectivity index (χ3n) is 2.58. The summed E-state index contributed by atoms with van der Waals surface area (Å²) in [4.78, 5) is 22.6. The Kier molecular flexibility index (Phi) is 2.82. The molecule has 1 heterocycles. The molecule has 0 saturated carbocycles. The number of aldehydes is 1. The average Bonchev–Trinajstić information content (AvgIpc) is 2.65. The molecule has 0 unspecified atom stereocenters. The number of carbonyl (C=O) groups excluding carboxylic acids is 1. The highest BCUT2D eigenvalue weighted by atomic mass is 16.5. The van der Waals surface area contributed by atoms with Gasteiger partial charge in [0.25, 0.3) is 5.56 Å². The largest absolute Gasteiger partial charge is 0.496 e. The molecule has 0 amide bonds. The second-order valence-electron chi connectivity index (χ2n) is 3.58. The van der Waals surface area contributed by atoms with E-state index in [1.807, 2.05) is 12.1 Å². The van der Waals surface area contributed by atoms with Crippen LogP contribution in [0, 0.1) is 0 Å². The topological polar surface area (TPSA) is 64.1 Å². The molecule has 0 spiro atoms. The SMILES string of the molecule is COc1ccccc1-c1[nH]n(C)c(=O)c1C=O. The summed E-state index contributed by atoms with van der Waals surface area (Å²) in [5.41, 5.74) is 0.928. The molecule has 0 atom stereocenters. The van der Waals surface area contributed by atoms with E-state index in [4.69, 9.17) is 4.74 Å². The number of ether oxygens (including phenoxy) is 1. The van der Waals surface area contributed by atoms with E-state index in [0.717, 1.165) is 0 Å². The Hall–Kier alpha value is -2.30. The molecule has 5 nitrogen and oxygen atoms in total. The Balaban J connectivity index is 2.72. The third-order valence-corrected chi connectivity index (χ3v) is 2.58. The van der Waals surface area contributed by atoms with Crippen molar-refractivity contribution in [3.8, 4) is 17.0 Å². The van der Waals surface area contributed by atoms with Crippen molar-refractivity contribution in [2.75, 3.05) is 7.11 Å². The minimum atomic E-state index is -0.346. The standard InChI is InChI=1S/C12H12N2O3/c1-14-12(16)9(7-15)11(13-14)8-5-3-4-6-10(8)17-2/h3-7,13H,1-2H3. The first-order valence-electron chi connectivity index (χ1n) is 5.06. The fraction of sp³-hybridized carbons (Fsp3) is 0.167. The van der Waals surface area contributed by atoms with Gasteiger partial charge in [0.2, 0.25) is 0 Å². The van der Waals surface area contributed by atoms with Crippen LogP contribution in [0.2, 0.25) is 0 Å². The Morgan fingerprint density at radius 3 is 2.71 bits per heavy atom. The van der Waals surface area contributed by atoms with Gasteiger partial charge in [-0.15, -0.1) is 0 Å². The summed E-state index contributed by atoms with van der Waals surface area (Å²) in [5.74, 6) is 0.609. The first kappa shape index (κ1) is 11.2. The lowest BCUT2D eigenvalue weighted by atomic mass is 10.1. The van der Waals surface area contributed by atoms with Gasteiger partial charge in [0.05, 0.1) is 12.8 Å². The average molecular weight is 232 g/mol. The molecule has 0 fully saturated rings. The normalized spacial score (nSPS) is 10.2. The lowest BCUT2D eigenvalue weighted by Gasteiger charge is -2.06. The third kappa shape index (κ3) is 1.75. The van der Waals surface area contributed by atoms with Crippen LogP contribution in [0.1, 0.15) is 10.4 Å². The quantitative estimate of drug-likeness (QED) is 0.809. The number of hydrogen-bond donors (Lipinski definition) is 1.